The van der Waals surface area contributed by atoms with Crippen molar-refractivity contribution >= 4 is 5.97 Å². The van der Waals surface area contributed by atoms with Crippen molar-refractivity contribution in [2.24, 2.45) is 5.92 Å². The van der Waals surface area contributed by atoms with Gasteiger partial charge in [0, 0.05) is 5.57 Å². The first-order valence-corrected chi connectivity index (χ1v) is 4.34. The lowest BCUT2D eigenvalue weighted by atomic mass is 10.00. The minimum Gasteiger partial charge on any atom is -0.478 e. The van der Waals surface area contributed by atoms with Crippen LogP contribution in [0.4, 0.5) is 0 Å². The third-order valence-corrected chi connectivity index (χ3v) is 1.83. The number of rotatable bonds is 4. The molecule has 0 radical (unpaired) electrons. The summed E-state index contributed by atoms with van der Waals surface area (Å²) >= 11 is 0. The van der Waals surface area contributed by atoms with Crippen LogP contribution in [0.2, 0.25) is 0 Å². The molecule has 1 N–H and O–H groups in total. The Morgan fingerprint density at radius 3 is 2.08 bits per heavy atom. The van der Waals surface area contributed by atoms with Gasteiger partial charge in [-0.2, -0.15) is 0 Å². The van der Waals surface area contributed by atoms with Gasteiger partial charge >= 0.3 is 5.97 Å². The highest BCUT2D eigenvalue weighted by Gasteiger charge is 2.09. The predicted octanol–water partition coefficient (Wildman–Crippen LogP) is 2.84. The largest absolute Gasteiger partial charge is 0.478 e. The third kappa shape index (κ3) is 4.16. The average Bonchev–Trinajstić information content (AvgIpc) is 1.84. The molecule has 0 atom stereocenters. The molecule has 0 heterocycles. The van der Waals surface area contributed by atoms with Gasteiger partial charge in [0.05, 0.1) is 0 Å². The smallest absolute Gasteiger partial charge is 0.331 e. The van der Waals surface area contributed by atoms with Crippen molar-refractivity contribution < 1.29 is 9.90 Å². The van der Waals surface area contributed by atoms with Crippen molar-refractivity contribution in [3.8, 4) is 0 Å². The normalized spacial score (nSPS) is 10.1. The quantitative estimate of drug-likeness (QED) is 0.659. The molecule has 70 valence electrons. The fraction of sp³-hybridized carbons (Fsp3) is 0.700. The number of allylic oxidation sites excluding steroid dienone is 1. The molecule has 0 amide bonds. The van der Waals surface area contributed by atoms with E-state index < -0.39 is 5.97 Å². The minimum atomic E-state index is -0.768. The molecule has 0 aromatic rings. The lowest BCUT2D eigenvalue weighted by molar-refractivity contribution is -0.132. The van der Waals surface area contributed by atoms with Crippen LogP contribution in [0.25, 0.3) is 0 Å². The fourth-order valence-electron chi connectivity index (χ4n) is 1.00. The number of carbonyl (C=O) groups is 1. The molecule has 0 fully saturated rings. The van der Waals surface area contributed by atoms with E-state index in [-0.39, 0.29) is 0 Å². The molecule has 2 nitrogen and oxygen atoms in total. The highest BCUT2D eigenvalue weighted by molar-refractivity contribution is 5.87. The summed E-state index contributed by atoms with van der Waals surface area (Å²) in [7, 11) is 0. The highest BCUT2D eigenvalue weighted by Crippen LogP contribution is 2.14. The van der Waals surface area contributed by atoms with E-state index in [1.165, 1.54) is 0 Å². The second kappa shape index (κ2) is 4.96. The van der Waals surface area contributed by atoms with Gasteiger partial charge in [-0.1, -0.05) is 19.4 Å². The summed E-state index contributed by atoms with van der Waals surface area (Å²) in [5, 5.41) is 8.80. The Morgan fingerprint density at radius 2 is 1.83 bits per heavy atom. The first-order valence-electron chi connectivity index (χ1n) is 4.34. The third-order valence-electron chi connectivity index (χ3n) is 1.83. The van der Waals surface area contributed by atoms with Crippen molar-refractivity contribution in [2.45, 2.75) is 40.5 Å². The van der Waals surface area contributed by atoms with Gasteiger partial charge in [-0.15, -0.1) is 0 Å². The zero-order valence-corrected chi connectivity index (χ0v) is 8.35. The summed E-state index contributed by atoms with van der Waals surface area (Å²) in [5.41, 5.74) is 1.49. The van der Waals surface area contributed by atoms with Crippen LogP contribution in [0.5, 0.6) is 0 Å². The first kappa shape index (κ1) is 11.2. The van der Waals surface area contributed by atoms with E-state index in [1.54, 1.807) is 0 Å². The van der Waals surface area contributed by atoms with E-state index in [2.05, 4.69) is 13.8 Å². The Bertz CT molecular complexity index is 186. The Balaban J connectivity index is 4.18. The predicted molar refractivity (Wildman–Crippen MR) is 50.1 cm³/mol. The SMILES string of the molecule is CC(C)=C(CCC(C)C)C(=O)O. The van der Waals surface area contributed by atoms with Crippen LogP contribution in [-0.4, -0.2) is 11.1 Å². The van der Waals surface area contributed by atoms with Crippen LogP contribution < -0.4 is 0 Å². The van der Waals surface area contributed by atoms with Gasteiger partial charge in [0.25, 0.3) is 0 Å². The lowest BCUT2D eigenvalue weighted by Crippen LogP contribution is -2.04. The van der Waals surface area contributed by atoms with Gasteiger partial charge in [-0.3, -0.25) is 0 Å². The summed E-state index contributed by atoms with van der Waals surface area (Å²) in [4.78, 5) is 10.7. The second-order valence-corrected chi connectivity index (χ2v) is 3.72. The molecule has 0 aliphatic heterocycles. The van der Waals surface area contributed by atoms with Crippen LogP contribution >= 0.6 is 0 Å². The van der Waals surface area contributed by atoms with Crippen LogP contribution in [0.3, 0.4) is 0 Å². The molecule has 0 rings (SSSR count). The number of carboxylic acid groups (broad SMARTS) is 1. The topological polar surface area (TPSA) is 37.3 Å². The molecule has 0 aliphatic carbocycles. The van der Waals surface area contributed by atoms with Crippen molar-refractivity contribution in [1.29, 1.82) is 0 Å². The standard InChI is InChI=1S/C10H18O2/c1-7(2)5-6-9(8(3)4)10(11)12/h7H,5-6H2,1-4H3,(H,11,12). The minimum absolute atomic E-state index is 0.568. The van der Waals surface area contributed by atoms with Crippen molar-refractivity contribution in [3.05, 3.63) is 11.1 Å². The number of hydrogen-bond acceptors (Lipinski definition) is 1. The molecule has 0 unspecified atom stereocenters. The molecule has 0 saturated carbocycles. The van der Waals surface area contributed by atoms with Gasteiger partial charge in [-0.05, 0) is 32.6 Å². The van der Waals surface area contributed by atoms with E-state index in [1.807, 2.05) is 13.8 Å². The van der Waals surface area contributed by atoms with E-state index in [9.17, 15) is 4.79 Å². The monoisotopic (exact) mass is 170 g/mol. The van der Waals surface area contributed by atoms with Gasteiger partial charge in [0.2, 0.25) is 0 Å². The maximum atomic E-state index is 10.7. The zero-order chi connectivity index (χ0) is 9.72. The number of aliphatic carboxylic acids is 1. The average molecular weight is 170 g/mol. The Morgan fingerprint density at radius 1 is 1.33 bits per heavy atom. The van der Waals surface area contributed by atoms with E-state index in [0.717, 1.165) is 12.0 Å². The molecule has 12 heavy (non-hydrogen) atoms. The Kier molecular flexibility index (Phi) is 4.64. The summed E-state index contributed by atoms with van der Waals surface area (Å²) in [6.45, 7) is 7.91. The second-order valence-electron chi connectivity index (χ2n) is 3.72. The summed E-state index contributed by atoms with van der Waals surface area (Å²) in [6.07, 6.45) is 1.64. The number of carboxylic acids is 1. The molecule has 0 saturated heterocycles. The van der Waals surface area contributed by atoms with Crippen molar-refractivity contribution in [2.75, 3.05) is 0 Å². The van der Waals surface area contributed by atoms with Gasteiger partial charge in [0.15, 0.2) is 0 Å². The van der Waals surface area contributed by atoms with Crippen LogP contribution in [0.1, 0.15) is 40.5 Å². The lowest BCUT2D eigenvalue weighted by Gasteiger charge is -2.06. The van der Waals surface area contributed by atoms with Crippen molar-refractivity contribution in [1.82, 2.24) is 0 Å². The molecule has 0 aliphatic rings. The fourth-order valence-corrected chi connectivity index (χ4v) is 1.00. The molecule has 0 aromatic heterocycles. The maximum absolute atomic E-state index is 10.7. The maximum Gasteiger partial charge on any atom is 0.331 e. The summed E-state index contributed by atoms with van der Waals surface area (Å²) < 4.78 is 0. The van der Waals surface area contributed by atoms with Crippen LogP contribution in [-0.2, 0) is 4.79 Å². The van der Waals surface area contributed by atoms with Crippen LogP contribution in [0.15, 0.2) is 11.1 Å². The van der Waals surface area contributed by atoms with E-state index >= 15 is 0 Å². The van der Waals surface area contributed by atoms with Gasteiger partial charge < -0.3 is 5.11 Å². The molecular weight excluding hydrogens is 152 g/mol. The van der Waals surface area contributed by atoms with Gasteiger partial charge in [-0.25, -0.2) is 4.79 Å². The van der Waals surface area contributed by atoms with E-state index in [4.69, 9.17) is 5.11 Å². The van der Waals surface area contributed by atoms with Gasteiger partial charge in [0.1, 0.15) is 0 Å². The highest BCUT2D eigenvalue weighted by atomic mass is 16.4. The Labute approximate surface area is 74.3 Å². The summed E-state index contributed by atoms with van der Waals surface area (Å²) in [6, 6.07) is 0. The molecule has 0 spiro atoms. The molecule has 0 bridgehead atoms. The number of hydrogen-bond donors (Lipinski definition) is 1. The molecular formula is C10H18O2. The van der Waals surface area contributed by atoms with Crippen molar-refractivity contribution in [3.63, 3.8) is 0 Å². The summed E-state index contributed by atoms with van der Waals surface area (Å²) in [5.74, 6) is -0.200. The first-order chi connectivity index (χ1) is 5.45. The zero-order valence-electron chi connectivity index (χ0n) is 8.35. The van der Waals surface area contributed by atoms with E-state index in [0.29, 0.717) is 17.9 Å². The van der Waals surface area contributed by atoms with Crippen LogP contribution in [0, 0.1) is 5.92 Å². The molecule has 0 aromatic carbocycles. The molecule has 2 heteroatoms. The Hall–Kier alpha value is -0.790.